The highest BCUT2D eigenvalue weighted by Crippen LogP contribution is 2.28. The average molecular weight is 238 g/mol. The zero-order valence-electron chi connectivity index (χ0n) is 9.48. The van der Waals surface area contributed by atoms with Crippen molar-refractivity contribution < 1.29 is 13.9 Å². The smallest absolute Gasteiger partial charge is 0.145 e. The Labute approximate surface area is 97.3 Å². The third kappa shape index (κ3) is 2.06. The molecule has 17 heavy (non-hydrogen) atoms. The summed E-state index contributed by atoms with van der Waals surface area (Å²) in [6, 6.07) is 2.95. The van der Waals surface area contributed by atoms with Crippen molar-refractivity contribution in [2.75, 3.05) is 0 Å². The van der Waals surface area contributed by atoms with Crippen LogP contribution in [0.15, 0.2) is 30.6 Å². The van der Waals surface area contributed by atoms with Crippen LogP contribution in [0, 0.1) is 11.6 Å². The lowest BCUT2D eigenvalue weighted by atomic mass is 9.95. The fraction of sp³-hybridized carbons (Fsp3) is 0.250. The minimum absolute atomic E-state index is 0.129. The lowest BCUT2D eigenvalue weighted by Crippen LogP contribution is -2.27. The van der Waals surface area contributed by atoms with Crippen molar-refractivity contribution in [1.29, 1.82) is 0 Å². The molecule has 3 nitrogen and oxygen atoms in total. The first-order chi connectivity index (χ1) is 7.91. The van der Waals surface area contributed by atoms with Crippen molar-refractivity contribution in [3.8, 4) is 0 Å². The Morgan fingerprint density at radius 3 is 2.29 bits per heavy atom. The first-order valence-electron chi connectivity index (χ1n) is 5.08. The highest BCUT2D eigenvalue weighted by atomic mass is 19.1. The van der Waals surface area contributed by atoms with Gasteiger partial charge in [0.1, 0.15) is 23.1 Å². The Morgan fingerprint density at radius 1 is 1.24 bits per heavy atom. The molecule has 1 atom stereocenters. The van der Waals surface area contributed by atoms with Crippen molar-refractivity contribution in [1.82, 2.24) is 9.55 Å². The van der Waals surface area contributed by atoms with Crippen LogP contribution in [0.1, 0.15) is 18.3 Å². The molecule has 1 unspecified atom stereocenters. The van der Waals surface area contributed by atoms with E-state index < -0.39 is 17.2 Å². The number of hydrogen-bond donors (Lipinski definition) is 1. The standard InChI is InChI=1S/C12H12F2N2O/c1-12(17,11-15-3-4-16(11)2)8-5-9(13)7-10(14)6-8/h3-7,17H,1-2H3. The average Bonchev–Trinajstić information content (AvgIpc) is 2.63. The molecule has 0 aliphatic rings. The summed E-state index contributed by atoms with van der Waals surface area (Å²) in [6.07, 6.45) is 3.17. The van der Waals surface area contributed by atoms with E-state index in [2.05, 4.69) is 4.98 Å². The summed E-state index contributed by atoms with van der Waals surface area (Å²) in [5, 5.41) is 10.4. The Hall–Kier alpha value is -1.75. The molecule has 0 fully saturated rings. The van der Waals surface area contributed by atoms with E-state index in [4.69, 9.17) is 0 Å². The second-order valence-electron chi connectivity index (χ2n) is 4.09. The van der Waals surface area contributed by atoms with Crippen LogP contribution >= 0.6 is 0 Å². The predicted octanol–water partition coefficient (Wildman–Crippen LogP) is 1.95. The number of aromatic nitrogens is 2. The third-order valence-corrected chi connectivity index (χ3v) is 2.68. The molecule has 0 radical (unpaired) electrons. The van der Waals surface area contributed by atoms with Crippen molar-refractivity contribution in [3.05, 3.63) is 53.6 Å². The maximum atomic E-state index is 13.1. The summed E-state index contributed by atoms with van der Waals surface area (Å²) in [6.45, 7) is 1.45. The summed E-state index contributed by atoms with van der Waals surface area (Å²) >= 11 is 0. The zero-order chi connectivity index (χ0) is 12.6. The normalized spacial score (nSPS) is 14.6. The number of rotatable bonds is 2. The first-order valence-corrected chi connectivity index (χ1v) is 5.08. The molecular weight excluding hydrogens is 226 g/mol. The van der Waals surface area contributed by atoms with Crippen LogP contribution < -0.4 is 0 Å². The van der Waals surface area contributed by atoms with Gasteiger partial charge in [0, 0.05) is 25.5 Å². The monoisotopic (exact) mass is 238 g/mol. The number of imidazole rings is 1. The lowest BCUT2D eigenvalue weighted by Gasteiger charge is -2.23. The molecule has 5 heteroatoms. The first kappa shape index (κ1) is 11.7. The number of hydrogen-bond acceptors (Lipinski definition) is 2. The largest absolute Gasteiger partial charge is 0.377 e. The van der Waals surface area contributed by atoms with Gasteiger partial charge in [0.05, 0.1) is 0 Å². The summed E-state index contributed by atoms with van der Waals surface area (Å²) in [5.74, 6) is -1.13. The minimum atomic E-state index is -1.54. The van der Waals surface area contributed by atoms with Crippen LogP contribution in [0.4, 0.5) is 8.78 Å². The van der Waals surface area contributed by atoms with Crippen LogP contribution in [0.25, 0.3) is 0 Å². The molecule has 0 bridgehead atoms. The maximum Gasteiger partial charge on any atom is 0.145 e. The minimum Gasteiger partial charge on any atom is -0.377 e. The van der Waals surface area contributed by atoms with Gasteiger partial charge in [-0.2, -0.15) is 0 Å². The highest BCUT2D eigenvalue weighted by molar-refractivity contribution is 5.29. The Bertz CT molecular complexity index is 529. The summed E-state index contributed by atoms with van der Waals surface area (Å²) in [5.41, 5.74) is -1.41. The molecule has 0 aliphatic carbocycles. The van der Waals surface area contributed by atoms with Gasteiger partial charge in [-0.05, 0) is 24.6 Å². The fourth-order valence-corrected chi connectivity index (χ4v) is 1.80. The molecule has 0 aliphatic heterocycles. The molecule has 1 N–H and O–H groups in total. The summed E-state index contributed by atoms with van der Waals surface area (Å²) in [7, 11) is 1.70. The van der Waals surface area contributed by atoms with E-state index in [1.165, 1.54) is 13.1 Å². The van der Waals surface area contributed by atoms with E-state index >= 15 is 0 Å². The molecule has 0 spiro atoms. The number of nitrogens with zero attached hydrogens (tertiary/aromatic N) is 2. The summed E-state index contributed by atoms with van der Waals surface area (Å²) < 4.78 is 27.8. The zero-order valence-corrected chi connectivity index (χ0v) is 9.48. The van der Waals surface area contributed by atoms with Gasteiger partial charge in [-0.25, -0.2) is 13.8 Å². The number of aliphatic hydroxyl groups is 1. The molecule has 0 amide bonds. The molecular formula is C12H12F2N2O. The Morgan fingerprint density at radius 2 is 1.82 bits per heavy atom. The molecule has 1 heterocycles. The number of benzene rings is 1. The third-order valence-electron chi connectivity index (χ3n) is 2.68. The second-order valence-corrected chi connectivity index (χ2v) is 4.09. The molecule has 1 aromatic carbocycles. The molecule has 0 saturated heterocycles. The topological polar surface area (TPSA) is 38.0 Å². The Balaban J connectivity index is 2.55. The van der Waals surface area contributed by atoms with Crippen LogP contribution in [0.3, 0.4) is 0 Å². The van der Waals surface area contributed by atoms with Crippen LogP contribution in [-0.2, 0) is 12.6 Å². The van der Waals surface area contributed by atoms with E-state index in [0.29, 0.717) is 5.82 Å². The fourth-order valence-electron chi connectivity index (χ4n) is 1.80. The van der Waals surface area contributed by atoms with Gasteiger partial charge in [-0.15, -0.1) is 0 Å². The van der Waals surface area contributed by atoms with Crippen molar-refractivity contribution in [3.63, 3.8) is 0 Å². The SMILES string of the molecule is Cn1ccnc1C(C)(O)c1cc(F)cc(F)c1. The van der Waals surface area contributed by atoms with Crippen LogP contribution in [-0.4, -0.2) is 14.7 Å². The maximum absolute atomic E-state index is 13.1. The quantitative estimate of drug-likeness (QED) is 0.868. The summed E-state index contributed by atoms with van der Waals surface area (Å²) in [4.78, 5) is 3.99. The highest BCUT2D eigenvalue weighted by Gasteiger charge is 2.30. The van der Waals surface area contributed by atoms with Gasteiger partial charge in [-0.3, -0.25) is 0 Å². The molecule has 2 aromatic rings. The number of aryl methyl sites for hydroxylation is 1. The van der Waals surface area contributed by atoms with E-state index in [-0.39, 0.29) is 5.56 Å². The molecule has 90 valence electrons. The predicted molar refractivity (Wildman–Crippen MR) is 58.2 cm³/mol. The van der Waals surface area contributed by atoms with Crippen LogP contribution in [0.2, 0.25) is 0 Å². The van der Waals surface area contributed by atoms with E-state index in [1.807, 2.05) is 0 Å². The van der Waals surface area contributed by atoms with Gasteiger partial charge in [0.2, 0.25) is 0 Å². The van der Waals surface area contributed by atoms with Crippen LogP contribution in [0.5, 0.6) is 0 Å². The van der Waals surface area contributed by atoms with Crippen molar-refractivity contribution in [2.24, 2.45) is 7.05 Å². The number of halogens is 2. The van der Waals surface area contributed by atoms with Gasteiger partial charge in [0.25, 0.3) is 0 Å². The van der Waals surface area contributed by atoms with E-state index in [1.54, 1.807) is 17.8 Å². The molecule has 0 saturated carbocycles. The van der Waals surface area contributed by atoms with Crippen molar-refractivity contribution >= 4 is 0 Å². The van der Waals surface area contributed by atoms with Gasteiger partial charge >= 0.3 is 0 Å². The van der Waals surface area contributed by atoms with Gasteiger partial charge < -0.3 is 9.67 Å². The Kier molecular flexibility index (Phi) is 2.71. The van der Waals surface area contributed by atoms with E-state index in [9.17, 15) is 13.9 Å². The van der Waals surface area contributed by atoms with Crippen molar-refractivity contribution in [2.45, 2.75) is 12.5 Å². The van der Waals surface area contributed by atoms with E-state index in [0.717, 1.165) is 18.2 Å². The van der Waals surface area contributed by atoms with Gasteiger partial charge in [0.15, 0.2) is 0 Å². The lowest BCUT2D eigenvalue weighted by molar-refractivity contribution is 0.0884. The second kappa shape index (κ2) is 3.92. The molecule has 1 aromatic heterocycles. The molecule has 2 rings (SSSR count). The van der Waals surface area contributed by atoms with Gasteiger partial charge in [-0.1, -0.05) is 0 Å².